The first-order chi connectivity index (χ1) is 8.47. The highest BCUT2D eigenvalue weighted by Crippen LogP contribution is 2.31. The van der Waals surface area contributed by atoms with Gasteiger partial charge in [-0.15, -0.1) is 0 Å². The zero-order chi connectivity index (χ0) is 13.8. The number of nitrogens with zero attached hydrogens (tertiary/aromatic N) is 1. The third kappa shape index (κ3) is 3.25. The Kier molecular flexibility index (Phi) is 5.64. The third-order valence-electron chi connectivity index (χ3n) is 3.78. The molecule has 0 bridgehead atoms. The number of hydrogen-bond donors (Lipinski definition) is 1. The molecule has 0 fully saturated rings. The zero-order valence-electron chi connectivity index (χ0n) is 12.1. The summed E-state index contributed by atoms with van der Waals surface area (Å²) in [6, 6.07) is 8.41. The molecule has 1 unspecified atom stereocenters. The van der Waals surface area contributed by atoms with E-state index in [9.17, 15) is 0 Å². The minimum absolute atomic E-state index is 0.0616. The summed E-state index contributed by atoms with van der Waals surface area (Å²) in [5, 5.41) is 4.23. The van der Waals surface area contributed by atoms with Gasteiger partial charge in [-0.3, -0.25) is 4.90 Å². The Hall–Kier alpha value is -0.570. The average molecular weight is 269 g/mol. The normalized spacial score (nSPS) is 13.9. The van der Waals surface area contributed by atoms with Crippen molar-refractivity contribution in [3.8, 4) is 0 Å². The summed E-state index contributed by atoms with van der Waals surface area (Å²) in [5.74, 6) is 0. The second-order valence-corrected chi connectivity index (χ2v) is 5.54. The standard InChI is InChI=1S/C15H25ClN2/c1-6-18(7-2)15(3,4)14(17-5)12-8-10-13(16)11-9-12/h8-11,14,17H,6-7H2,1-5H3. The Balaban J connectivity index is 3.04. The lowest BCUT2D eigenvalue weighted by atomic mass is 9.87. The van der Waals surface area contributed by atoms with Crippen LogP contribution in [0.4, 0.5) is 0 Å². The van der Waals surface area contributed by atoms with Crippen molar-refractivity contribution in [1.82, 2.24) is 10.2 Å². The highest BCUT2D eigenvalue weighted by Gasteiger charge is 2.33. The minimum atomic E-state index is 0.0616. The first kappa shape index (κ1) is 15.5. The van der Waals surface area contributed by atoms with E-state index in [2.05, 4.69) is 50.0 Å². The van der Waals surface area contributed by atoms with E-state index in [4.69, 9.17) is 11.6 Å². The van der Waals surface area contributed by atoms with Gasteiger partial charge in [-0.1, -0.05) is 37.6 Å². The van der Waals surface area contributed by atoms with E-state index in [1.807, 2.05) is 19.2 Å². The predicted octanol–water partition coefficient (Wildman–Crippen LogP) is 3.72. The summed E-state index contributed by atoms with van der Waals surface area (Å²) >= 11 is 5.96. The van der Waals surface area contributed by atoms with Crippen LogP contribution in [0.3, 0.4) is 0 Å². The molecular weight excluding hydrogens is 244 g/mol. The van der Waals surface area contributed by atoms with Crippen molar-refractivity contribution in [3.63, 3.8) is 0 Å². The van der Waals surface area contributed by atoms with Gasteiger partial charge in [0.15, 0.2) is 0 Å². The van der Waals surface area contributed by atoms with Gasteiger partial charge in [0, 0.05) is 16.6 Å². The largest absolute Gasteiger partial charge is 0.311 e. The molecule has 0 heterocycles. The fourth-order valence-electron chi connectivity index (χ4n) is 2.80. The van der Waals surface area contributed by atoms with Crippen molar-refractivity contribution in [1.29, 1.82) is 0 Å². The van der Waals surface area contributed by atoms with Gasteiger partial charge in [-0.2, -0.15) is 0 Å². The van der Waals surface area contributed by atoms with Crippen LogP contribution in [0.15, 0.2) is 24.3 Å². The summed E-state index contributed by atoms with van der Waals surface area (Å²) < 4.78 is 0. The van der Waals surface area contributed by atoms with Crippen LogP contribution in [0, 0.1) is 0 Å². The summed E-state index contributed by atoms with van der Waals surface area (Å²) in [5.41, 5.74) is 1.34. The smallest absolute Gasteiger partial charge is 0.0499 e. The van der Waals surface area contributed by atoms with Gasteiger partial charge in [0.2, 0.25) is 0 Å². The number of hydrogen-bond acceptors (Lipinski definition) is 2. The van der Waals surface area contributed by atoms with Crippen LogP contribution in [-0.4, -0.2) is 30.6 Å². The molecule has 0 amide bonds. The number of benzene rings is 1. The molecular formula is C15H25ClN2. The summed E-state index contributed by atoms with van der Waals surface area (Å²) in [6.45, 7) is 11.1. The van der Waals surface area contributed by atoms with Gasteiger partial charge < -0.3 is 5.32 Å². The van der Waals surface area contributed by atoms with Gasteiger partial charge in [-0.05, 0) is 51.7 Å². The molecule has 1 atom stereocenters. The lowest BCUT2D eigenvalue weighted by molar-refractivity contribution is 0.0944. The molecule has 0 saturated heterocycles. The Morgan fingerprint density at radius 2 is 1.67 bits per heavy atom. The molecule has 1 aromatic rings. The SMILES string of the molecule is CCN(CC)C(C)(C)C(NC)c1ccc(Cl)cc1. The van der Waals surface area contributed by atoms with Crippen molar-refractivity contribution in [2.45, 2.75) is 39.3 Å². The van der Waals surface area contributed by atoms with Gasteiger partial charge >= 0.3 is 0 Å². The van der Waals surface area contributed by atoms with Gasteiger partial charge in [0.25, 0.3) is 0 Å². The van der Waals surface area contributed by atoms with E-state index in [1.165, 1.54) is 5.56 Å². The van der Waals surface area contributed by atoms with Crippen LogP contribution < -0.4 is 5.32 Å². The van der Waals surface area contributed by atoms with Crippen LogP contribution in [0.25, 0.3) is 0 Å². The number of halogens is 1. The Morgan fingerprint density at radius 3 is 2.06 bits per heavy atom. The number of nitrogens with one attached hydrogen (secondary N) is 1. The van der Waals surface area contributed by atoms with Crippen LogP contribution >= 0.6 is 11.6 Å². The van der Waals surface area contributed by atoms with Gasteiger partial charge in [0.05, 0.1) is 0 Å². The van der Waals surface area contributed by atoms with E-state index in [1.54, 1.807) is 0 Å². The fourth-order valence-corrected chi connectivity index (χ4v) is 2.93. The number of rotatable bonds is 6. The van der Waals surface area contributed by atoms with E-state index in [-0.39, 0.29) is 11.6 Å². The molecule has 2 nitrogen and oxygen atoms in total. The van der Waals surface area contributed by atoms with E-state index in [0.29, 0.717) is 0 Å². The maximum atomic E-state index is 5.96. The average Bonchev–Trinajstić information content (AvgIpc) is 2.33. The molecule has 0 spiro atoms. The van der Waals surface area contributed by atoms with Crippen LogP contribution in [-0.2, 0) is 0 Å². The van der Waals surface area contributed by atoms with Crippen molar-refractivity contribution >= 4 is 11.6 Å². The second-order valence-electron chi connectivity index (χ2n) is 5.10. The molecule has 3 heteroatoms. The zero-order valence-corrected chi connectivity index (χ0v) is 12.9. The molecule has 0 aliphatic carbocycles. The maximum absolute atomic E-state index is 5.96. The summed E-state index contributed by atoms with van der Waals surface area (Å²) in [7, 11) is 2.02. The Morgan fingerprint density at radius 1 is 1.17 bits per heavy atom. The Labute approximate surface area is 116 Å². The van der Waals surface area contributed by atoms with E-state index >= 15 is 0 Å². The molecule has 0 saturated carbocycles. The molecule has 0 aliphatic heterocycles. The highest BCUT2D eigenvalue weighted by molar-refractivity contribution is 6.30. The van der Waals surface area contributed by atoms with Crippen molar-refractivity contribution in [3.05, 3.63) is 34.9 Å². The van der Waals surface area contributed by atoms with Crippen molar-refractivity contribution in [2.24, 2.45) is 0 Å². The quantitative estimate of drug-likeness (QED) is 0.846. The van der Waals surface area contributed by atoms with Crippen LogP contribution in [0.5, 0.6) is 0 Å². The van der Waals surface area contributed by atoms with E-state index < -0.39 is 0 Å². The first-order valence-corrected chi connectivity index (χ1v) is 7.02. The van der Waals surface area contributed by atoms with Gasteiger partial charge in [0.1, 0.15) is 0 Å². The monoisotopic (exact) mass is 268 g/mol. The molecule has 1 N–H and O–H groups in total. The second kappa shape index (κ2) is 6.55. The predicted molar refractivity (Wildman–Crippen MR) is 80.3 cm³/mol. The topological polar surface area (TPSA) is 15.3 Å². The third-order valence-corrected chi connectivity index (χ3v) is 4.03. The van der Waals surface area contributed by atoms with Crippen LogP contribution in [0.1, 0.15) is 39.3 Å². The van der Waals surface area contributed by atoms with E-state index in [0.717, 1.165) is 18.1 Å². The first-order valence-electron chi connectivity index (χ1n) is 6.65. The van der Waals surface area contributed by atoms with Gasteiger partial charge in [-0.25, -0.2) is 0 Å². The molecule has 0 aromatic heterocycles. The molecule has 0 aliphatic rings. The van der Waals surface area contributed by atoms with Crippen LogP contribution in [0.2, 0.25) is 5.02 Å². The minimum Gasteiger partial charge on any atom is -0.311 e. The lowest BCUT2D eigenvalue weighted by Crippen LogP contribution is -2.51. The molecule has 102 valence electrons. The van der Waals surface area contributed by atoms with Crippen molar-refractivity contribution in [2.75, 3.05) is 20.1 Å². The molecule has 1 aromatic carbocycles. The fraction of sp³-hybridized carbons (Fsp3) is 0.600. The highest BCUT2D eigenvalue weighted by atomic mass is 35.5. The Bertz CT molecular complexity index is 355. The van der Waals surface area contributed by atoms with Crippen molar-refractivity contribution < 1.29 is 0 Å². The maximum Gasteiger partial charge on any atom is 0.0499 e. The number of likely N-dealkylation sites (N-methyl/N-ethyl adjacent to an activating group) is 2. The molecule has 18 heavy (non-hydrogen) atoms. The summed E-state index contributed by atoms with van der Waals surface area (Å²) in [6.07, 6.45) is 0. The molecule has 1 rings (SSSR count). The summed E-state index contributed by atoms with van der Waals surface area (Å²) in [4.78, 5) is 2.47. The molecule has 0 radical (unpaired) electrons. The lowest BCUT2D eigenvalue weighted by Gasteiger charge is -2.43.